The van der Waals surface area contributed by atoms with E-state index in [1.807, 2.05) is 17.8 Å². The zero-order chi connectivity index (χ0) is 9.47. The van der Waals surface area contributed by atoms with E-state index in [9.17, 15) is 0 Å². The second-order valence-corrected chi connectivity index (χ2v) is 5.37. The smallest absolute Gasteiger partial charge is 0.113 e. The Bertz CT molecular complexity index is 331. The average molecular weight is 188 g/mol. The summed E-state index contributed by atoms with van der Waals surface area (Å²) in [6.45, 7) is 4.59. The van der Waals surface area contributed by atoms with Gasteiger partial charge in [0.1, 0.15) is 7.85 Å². The zero-order valence-corrected chi connectivity index (χ0v) is 8.95. The molecule has 0 unspecified atom stereocenters. The van der Waals surface area contributed by atoms with Crippen LogP contribution in [0.5, 0.6) is 0 Å². The van der Waals surface area contributed by atoms with Gasteiger partial charge in [-0.2, -0.15) is 0 Å². The first-order valence-electron chi connectivity index (χ1n) is 4.62. The van der Waals surface area contributed by atoms with Crippen molar-refractivity contribution >= 4 is 25.1 Å². The summed E-state index contributed by atoms with van der Waals surface area (Å²) in [7, 11) is 5.79. The maximum atomic E-state index is 5.79. The van der Waals surface area contributed by atoms with E-state index in [1.54, 1.807) is 0 Å². The molecule has 13 heavy (non-hydrogen) atoms. The van der Waals surface area contributed by atoms with Gasteiger partial charge >= 0.3 is 0 Å². The fraction of sp³-hybridized carbons (Fsp3) is 0.455. The molecular weight excluding hydrogens is 175 g/mol. The molecule has 1 heterocycles. The highest BCUT2D eigenvalue weighted by molar-refractivity contribution is 7.99. The van der Waals surface area contributed by atoms with Crippen molar-refractivity contribution in [2.75, 3.05) is 5.75 Å². The van der Waals surface area contributed by atoms with Crippen molar-refractivity contribution in [3.63, 3.8) is 0 Å². The number of thioether (sulfide) groups is 1. The number of hydrogen-bond donors (Lipinski definition) is 0. The van der Waals surface area contributed by atoms with Crippen LogP contribution in [0, 0.1) is 0 Å². The number of hydrogen-bond acceptors (Lipinski definition) is 1. The molecule has 2 heteroatoms. The number of benzene rings is 1. The lowest BCUT2D eigenvalue weighted by molar-refractivity contribution is 0.494. The van der Waals surface area contributed by atoms with Crippen LogP contribution in [-0.4, -0.2) is 13.6 Å². The Morgan fingerprint density at radius 3 is 2.92 bits per heavy atom. The van der Waals surface area contributed by atoms with Gasteiger partial charge in [-0.15, -0.1) is 11.8 Å². The summed E-state index contributed by atoms with van der Waals surface area (Å²) in [6.07, 6.45) is 1.24. The van der Waals surface area contributed by atoms with Crippen molar-refractivity contribution < 1.29 is 0 Å². The van der Waals surface area contributed by atoms with Crippen LogP contribution < -0.4 is 5.46 Å². The lowest BCUT2D eigenvalue weighted by Gasteiger charge is -2.32. The third-order valence-electron chi connectivity index (χ3n) is 2.72. The lowest BCUT2D eigenvalue weighted by Crippen LogP contribution is -2.24. The first-order chi connectivity index (χ1) is 6.09. The molecular formula is C11H13BS. The average Bonchev–Trinajstić information content (AvgIpc) is 2.06. The van der Waals surface area contributed by atoms with Gasteiger partial charge in [0.15, 0.2) is 0 Å². The minimum absolute atomic E-state index is 0.302. The van der Waals surface area contributed by atoms with Gasteiger partial charge in [0.05, 0.1) is 0 Å². The van der Waals surface area contributed by atoms with E-state index in [0.717, 1.165) is 5.46 Å². The van der Waals surface area contributed by atoms with Gasteiger partial charge in [0.2, 0.25) is 0 Å². The maximum Gasteiger partial charge on any atom is 0.113 e. The molecule has 0 fully saturated rings. The Balaban J connectivity index is 2.55. The largest absolute Gasteiger partial charge is 0.126 e. The molecule has 0 saturated carbocycles. The van der Waals surface area contributed by atoms with Gasteiger partial charge in [0.25, 0.3) is 0 Å². The molecule has 1 aliphatic heterocycles. The summed E-state index contributed by atoms with van der Waals surface area (Å²) in [5.74, 6) is 1.23. The first-order valence-corrected chi connectivity index (χ1v) is 5.61. The van der Waals surface area contributed by atoms with Gasteiger partial charge in [-0.05, 0) is 29.2 Å². The van der Waals surface area contributed by atoms with Crippen molar-refractivity contribution in [3.05, 3.63) is 23.8 Å². The highest BCUT2D eigenvalue weighted by Gasteiger charge is 2.27. The van der Waals surface area contributed by atoms with Crippen molar-refractivity contribution in [3.8, 4) is 0 Å². The van der Waals surface area contributed by atoms with Crippen LogP contribution >= 0.6 is 11.8 Å². The van der Waals surface area contributed by atoms with Crippen LogP contribution in [0.15, 0.2) is 23.1 Å². The molecule has 0 bridgehead atoms. The second kappa shape index (κ2) is 3.09. The molecule has 2 rings (SSSR count). The molecule has 0 aromatic heterocycles. The molecule has 0 saturated heterocycles. The summed E-state index contributed by atoms with van der Waals surface area (Å²) in [4.78, 5) is 1.41. The Labute approximate surface area is 85.5 Å². The van der Waals surface area contributed by atoms with Crippen molar-refractivity contribution in [1.29, 1.82) is 0 Å². The molecule has 1 aromatic carbocycles. The summed E-state index contributed by atoms with van der Waals surface area (Å²) >= 11 is 1.94. The van der Waals surface area contributed by atoms with Gasteiger partial charge in [-0.1, -0.05) is 31.4 Å². The predicted molar refractivity (Wildman–Crippen MR) is 60.2 cm³/mol. The van der Waals surface area contributed by atoms with Gasteiger partial charge in [-0.3, -0.25) is 0 Å². The van der Waals surface area contributed by atoms with Crippen molar-refractivity contribution in [1.82, 2.24) is 0 Å². The molecule has 0 amide bonds. The summed E-state index contributed by atoms with van der Waals surface area (Å²) in [6, 6.07) is 6.27. The van der Waals surface area contributed by atoms with Gasteiger partial charge < -0.3 is 0 Å². The monoisotopic (exact) mass is 188 g/mol. The molecule has 0 nitrogen and oxygen atoms in total. The molecule has 66 valence electrons. The lowest BCUT2D eigenvalue weighted by atomic mass is 9.79. The van der Waals surface area contributed by atoms with E-state index in [1.165, 1.54) is 22.6 Å². The van der Waals surface area contributed by atoms with Crippen molar-refractivity contribution in [2.45, 2.75) is 30.6 Å². The third-order valence-corrected chi connectivity index (χ3v) is 3.79. The van der Waals surface area contributed by atoms with Crippen LogP contribution in [0.1, 0.15) is 25.8 Å². The highest BCUT2D eigenvalue weighted by Crippen LogP contribution is 2.40. The topological polar surface area (TPSA) is 0 Å². The second-order valence-electron chi connectivity index (χ2n) is 4.24. The minimum atomic E-state index is 0.302. The Morgan fingerprint density at radius 1 is 1.38 bits per heavy atom. The quantitative estimate of drug-likeness (QED) is 0.562. The maximum absolute atomic E-state index is 5.79. The van der Waals surface area contributed by atoms with E-state index < -0.39 is 0 Å². The summed E-state index contributed by atoms with van der Waals surface area (Å²) in [5, 5.41) is 0. The summed E-state index contributed by atoms with van der Waals surface area (Å²) < 4.78 is 0. The minimum Gasteiger partial charge on any atom is -0.126 e. The van der Waals surface area contributed by atoms with Crippen LogP contribution in [0.3, 0.4) is 0 Å². The predicted octanol–water partition coefficient (Wildman–Crippen LogP) is 2.25. The van der Waals surface area contributed by atoms with Crippen LogP contribution in [-0.2, 0) is 5.41 Å². The Hall–Kier alpha value is -0.365. The third kappa shape index (κ3) is 1.64. The van der Waals surface area contributed by atoms with Crippen LogP contribution in [0.4, 0.5) is 0 Å². The molecule has 1 aromatic rings. The van der Waals surface area contributed by atoms with E-state index in [0.29, 0.717) is 5.41 Å². The fourth-order valence-electron chi connectivity index (χ4n) is 1.75. The van der Waals surface area contributed by atoms with E-state index >= 15 is 0 Å². The normalized spacial score (nSPS) is 19.5. The molecule has 0 aliphatic carbocycles. The van der Waals surface area contributed by atoms with E-state index in [-0.39, 0.29) is 0 Å². The Kier molecular flexibility index (Phi) is 2.19. The molecule has 0 N–H and O–H groups in total. The van der Waals surface area contributed by atoms with Gasteiger partial charge in [0, 0.05) is 4.90 Å². The van der Waals surface area contributed by atoms with E-state index in [2.05, 4.69) is 26.0 Å². The standard InChI is InChI=1S/C11H13BS/c1-11(2)5-6-13-10-4-3-8(12)7-9(10)11/h3-4,7H,5-6H2,1-2H3. The Morgan fingerprint density at radius 2 is 2.15 bits per heavy atom. The SMILES string of the molecule is [B]c1ccc2c(c1)C(C)(C)CCS2. The highest BCUT2D eigenvalue weighted by atomic mass is 32.2. The van der Waals surface area contributed by atoms with E-state index in [4.69, 9.17) is 7.85 Å². The number of fused-ring (bicyclic) bond motifs is 1. The van der Waals surface area contributed by atoms with Crippen molar-refractivity contribution in [2.24, 2.45) is 0 Å². The molecule has 1 aliphatic rings. The zero-order valence-electron chi connectivity index (χ0n) is 8.13. The molecule has 2 radical (unpaired) electrons. The van der Waals surface area contributed by atoms with Crippen LogP contribution in [0.2, 0.25) is 0 Å². The summed E-state index contributed by atoms with van der Waals surface area (Å²) in [5.41, 5.74) is 2.61. The number of rotatable bonds is 0. The molecule has 0 atom stereocenters. The van der Waals surface area contributed by atoms with Crippen LogP contribution in [0.25, 0.3) is 0 Å². The molecule has 0 spiro atoms. The fourth-order valence-corrected chi connectivity index (χ4v) is 3.24. The van der Waals surface area contributed by atoms with Gasteiger partial charge in [-0.25, -0.2) is 0 Å². The first kappa shape index (κ1) is 9.20.